The Kier molecular flexibility index (Phi) is 7.49. The number of nitrogens with one attached hydrogen (secondary N) is 2. The summed E-state index contributed by atoms with van der Waals surface area (Å²) in [6.45, 7) is 0.833. The molecule has 0 bridgehead atoms. The Bertz CT molecular complexity index is 945. The fraction of sp³-hybridized carbons (Fsp3) is 0.474. The number of amides is 2. The SMILES string of the molecule is O=C(NCc1ccon1)[C@H]1CC[C@H]2OCCN(C(=O)c3cnc[nH]c3=O)[C@@H]2C1.O=CO. The first-order valence-corrected chi connectivity index (χ1v) is 9.75. The van der Waals surface area contributed by atoms with Gasteiger partial charge in [0.1, 0.15) is 17.5 Å². The van der Waals surface area contributed by atoms with E-state index in [1.165, 1.54) is 18.8 Å². The quantitative estimate of drug-likeness (QED) is 0.552. The van der Waals surface area contributed by atoms with E-state index in [0.29, 0.717) is 44.7 Å². The Morgan fingerprint density at radius 1 is 1.39 bits per heavy atom. The maximum Gasteiger partial charge on any atom is 0.290 e. The minimum Gasteiger partial charge on any atom is -0.483 e. The second-order valence-electron chi connectivity index (χ2n) is 7.09. The molecule has 31 heavy (non-hydrogen) atoms. The van der Waals surface area contributed by atoms with Crippen molar-refractivity contribution in [1.29, 1.82) is 0 Å². The number of rotatable bonds is 4. The van der Waals surface area contributed by atoms with Crippen LogP contribution in [-0.4, -0.2) is 68.7 Å². The van der Waals surface area contributed by atoms with Crippen LogP contribution < -0.4 is 10.9 Å². The number of H-pyrrole nitrogens is 1. The third-order valence-corrected chi connectivity index (χ3v) is 5.33. The smallest absolute Gasteiger partial charge is 0.290 e. The maximum absolute atomic E-state index is 12.9. The molecule has 0 spiro atoms. The van der Waals surface area contributed by atoms with Gasteiger partial charge in [-0.05, 0) is 19.3 Å². The van der Waals surface area contributed by atoms with Crippen molar-refractivity contribution in [3.05, 3.63) is 46.5 Å². The van der Waals surface area contributed by atoms with Crippen LogP contribution in [0.1, 0.15) is 35.3 Å². The fourth-order valence-electron chi connectivity index (χ4n) is 3.90. The largest absolute Gasteiger partial charge is 0.483 e. The number of aromatic amines is 1. The zero-order valence-electron chi connectivity index (χ0n) is 16.6. The summed E-state index contributed by atoms with van der Waals surface area (Å²) in [5.74, 6) is -0.702. The van der Waals surface area contributed by atoms with Gasteiger partial charge in [0.25, 0.3) is 17.9 Å². The molecule has 3 N–H and O–H groups in total. The highest BCUT2D eigenvalue weighted by Gasteiger charge is 2.42. The van der Waals surface area contributed by atoms with Crippen molar-refractivity contribution in [3.63, 3.8) is 0 Å². The number of nitrogens with zero attached hydrogens (tertiary/aromatic N) is 3. The lowest BCUT2D eigenvalue weighted by Crippen LogP contribution is -2.57. The van der Waals surface area contributed by atoms with Crippen molar-refractivity contribution in [3.8, 4) is 0 Å². The lowest BCUT2D eigenvalue weighted by Gasteiger charge is -2.45. The summed E-state index contributed by atoms with van der Waals surface area (Å²) >= 11 is 0. The molecule has 2 fully saturated rings. The molecular formula is C19H23N5O7. The van der Waals surface area contributed by atoms with Gasteiger partial charge < -0.3 is 29.6 Å². The van der Waals surface area contributed by atoms with E-state index in [9.17, 15) is 14.4 Å². The predicted molar refractivity (Wildman–Crippen MR) is 104 cm³/mol. The van der Waals surface area contributed by atoms with E-state index in [1.54, 1.807) is 11.0 Å². The molecule has 2 aromatic rings. The van der Waals surface area contributed by atoms with Crippen LogP contribution in [0.15, 0.2) is 34.2 Å². The Morgan fingerprint density at radius 3 is 2.90 bits per heavy atom. The molecule has 12 nitrogen and oxygen atoms in total. The molecule has 0 radical (unpaired) electrons. The van der Waals surface area contributed by atoms with Crippen LogP contribution >= 0.6 is 0 Å². The molecule has 4 rings (SSSR count). The van der Waals surface area contributed by atoms with E-state index in [2.05, 4.69) is 20.4 Å². The number of hydrogen-bond donors (Lipinski definition) is 3. The number of carbonyl (C=O) groups excluding carboxylic acids is 2. The first-order chi connectivity index (χ1) is 15.0. The second-order valence-corrected chi connectivity index (χ2v) is 7.09. The molecule has 2 amide bonds. The van der Waals surface area contributed by atoms with Gasteiger partial charge in [0.05, 0.1) is 31.6 Å². The normalized spacial score (nSPS) is 22.5. The monoisotopic (exact) mass is 433 g/mol. The summed E-state index contributed by atoms with van der Waals surface area (Å²) in [5, 5.41) is 13.5. The van der Waals surface area contributed by atoms with Crippen LogP contribution in [0.4, 0.5) is 0 Å². The highest BCUT2D eigenvalue weighted by atomic mass is 16.5. The van der Waals surface area contributed by atoms with Crippen LogP contribution in [-0.2, 0) is 20.9 Å². The Morgan fingerprint density at radius 2 is 2.19 bits per heavy atom. The minimum absolute atomic E-state index is 0.000701. The fourth-order valence-corrected chi connectivity index (χ4v) is 3.90. The van der Waals surface area contributed by atoms with Crippen molar-refractivity contribution in [2.45, 2.75) is 38.0 Å². The van der Waals surface area contributed by atoms with Gasteiger partial charge in [-0.15, -0.1) is 0 Å². The van der Waals surface area contributed by atoms with Crippen molar-refractivity contribution >= 4 is 18.3 Å². The molecule has 0 aromatic carbocycles. The van der Waals surface area contributed by atoms with Gasteiger partial charge in [0, 0.05) is 24.7 Å². The van der Waals surface area contributed by atoms with Gasteiger partial charge >= 0.3 is 0 Å². The van der Waals surface area contributed by atoms with E-state index in [0.717, 1.165) is 0 Å². The summed E-state index contributed by atoms with van der Waals surface area (Å²) in [5.41, 5.74) is 0.178. The summed E-state index contributed by atoms with van der Waals surface area (Å²) in [7, 11) is 0. The van der Waals surface area contributed by atoms with Gasteiger partial charge in [0.2, 0.25) is 5.91 Å². The Balaban J connectivity index is 0.000000858. The lowest BCUT2D eigenvalue weighted by molar-refractivity contribution is -0.131. The average Bonchev–Trinajstić information content (AvgIpc) is 3.31. The van der Waals surface area contributed by atoms with Crippen molar-refractivity contribution in [1.82, 2.24) is 25.3 Å². The highest BCUT2D eigenvalue weighted by Crippen LogP contribution is 2.33. The average molecular weight is 433 g/mol. The predicted octanol–water partition coefficient (Wildman–Crippen LogP) is -0.215. The van der Waals surface area contributed by atoms with Crippen LogP contribution in [0.5, 0.6) is 0 Å². The zero-order chi connectivity index (χ0) is 22.2. The first kappa shape index (κ1) is 22.2. The van der Waals surface area contributed by atoms with E-state index in [4.69, 9.17) is 19.2 Å². The van der Waals surface area contributed by atoms with Gasteiger partial charge in [-0.1, -0.05) is 5.16 Å². The molecule has 166 valence electrons. The molecular weight excluding hydrogens is 410 g/mol. The number of ether oxygens (including phenoxy) is 1. The first-order valence-electron chi connectivity index (χ1n) is 9.75. The molecule has 1 aliphatic heterocycles. The Hall–Kier alpha value is -3.54. The summed E-state index contributed by atoms with van der Waals surface area (Å²) in [6, 6.07) is 1.44. The molecule has 2 aliphatic rings. The van der Waals surface area contributed by atoms with Gasteiger partial charge in [-0.2, -0.15) is 0 Å². The van der Waals surface area contributed by atoms with E-state index >= 15 is 0 Å². The summed E-state index contributed by atoms with van der Waals surface area (Å²) < 4.78 is 10.6. The third kappa shape index (κ3) is 5.34. The molecule has 1 saturated carbocycles. The standard InChI is InChI=1S/C18H21N5O5.CH2O2/c24-16(20-8-12-3-5-28-22-12)11-1-2-15-14(7-11)23(4-6-27-15)18(26)13-9-19-10-21-17(13)25;2-1-3/h3,5,9-11,14-15H,1-2,4,6-8H2,(H,20,24)(H,19,21,25);1H,(H,2,3)/t11-,14+,15+;/m0./s1. The molecule has 2 aromatic heterocycles. The number of aromatic nitrogens is 3. The van der Waals surface area contributed by atoms with E-state index in [1.807, 2.05) is 0 Å². The van der Waals surface area contributed by atoms with E-state index < -0.39 is 5.56 Å². The van der Waals surface area contributed by atoms with Gasteiger partial charge in [0.15, 0.2) is 0 Å². The topological polar surface area (TPSA) is 168 Å². The van der Waals surface area contributed by atoms with Crippen LogP contribution in [0, 0.1) is 5.92 Å². The van der Waals surface area contributed by atoms with Gasteiger partial charge in [-0.3, -0.25) is 19.2 Å². The van der Waals surface area contributed by atoms with Crippen LogP contribution in [0.2, 0.25) is 0 Å². The summed E-state index contributed by atoms with van der Waals surface area (Å²) in [6.07, 6.45) is 5.69. The lowest BCUT2D eigenvalue weighted by atomic mass is 9.81. The zero-order valence-corrected chi connectivity index (χ0v) is 16.6. The van der Waals surface area contributed by atoms with Gasteiger partial charge in [-0.25, -0.2) is 4.98 Å². The molecule has 3 heterocycles. The number of carboxylic acid groups (broad SMARTS) is 1. The van der Waals surface area contributed by atoms with Crippen molar-refractivity contribution < 1.29 is 28.8 Å². The highest BCUT2D eigenvalue weighted by molar-refractivity contribution is 5.94. The van der Waals surface area contributed by atoms with Crippen LogP contribution in [0.25, 0.3) is 0 Å². The molecule has 1 saturated heterocycles. The number of fused-ring (bicyclic) bond motifs is 1. The third-order valence-electron chi connectivity index (χ3n) is 5.33. The summed E-state index contributed by atoms with van der Waals surface area (Å²) in [4.78, 5) is 53.8. The minimum atomic E-state index is -0.472. The maximum atomic E-state index is 12.9. The number of hydrogen-bond acceptors (Lipinski definition) is 8. The number of morpholine rings is 1. The second kappa shape index (κ2) is 10.5. The van der Waals surface area contributed by atoms with Crippen LogP contribution in [0.3, 0.4) is 0 Å². The van der Waals surface area contributed by atoms with E-state index in [-0.39, 0.29) is 41.9 Å². The Labute approximate surface area is 176 Å². The molecule has 12 heteroatoms. The molecule has 3 atom stereocenters. The van der Waals surface area contributed by atoms with Crippen molar-refractivity contribution in [2.75, 3.05) is 13.2 Å². The molecule has 0 unspecified atom stereocenters. The van der Waals surface area contributed by atoms with Crippen molar-refractivity contribution in [2.24, 2.45) is 5.92 Å². The molecule has 1 aliphatic carbocycles. The number of carbonyl (C=O) groups is 3.